The Balaban J connectivity index is 1.50. The van der Waals surface area contributed by atoms with Gasteiger partial charge in [0, 0.05) is 17.0 Å². The smallest absolute Gasteiger partial charge is 0.341 e. The average molecular weight is 504 g/mol. The standard InChI is InChI=1S/C23H25N3O6S2/c1-3-31-22(28)19-16-7-5-4-6-8-17(16)34-20(19)24-18(27)13-33-21-23(29)32-25-26(21)14-9-11-15(30-2)12-10-14/h9-12H,3-8,13H2,1-2H3,(H-,24,25,27,28,29). The van der Waals surface area contributed by atoms with Crippen LogP contribution in [0.2, 0.25) is 0 Å². The van der Waals surface area contributed by atoms with Crippen LogP contribution in [0.5, 0.6) is 11.7 Å². The fourth-order valence-corrected chi connectivity index (χ4v) is 5.84. The Hall–Kier alpha value is -3.05. The van der Waals surface area contributed by atoms with E-state index in [1.807, 2.05) is 0 Å². The number of benzene rings is 1. The number of fused-ring (bicyclic) bond motifs is 1. The number of esters is 1. The molecule has 0 radical (unpaired) electrons. The van der Waals surface area contributed by atoms with Gasteiger partial charge in [0.25, 0.3) is 5.03 Å². The summed E-state index contributed by atoms with van der Waals surface area (Å²) in [5, 5.41) is 19.5. The Labute approximate surface area is 205 Å². The van der Waals surface area contributed by atoms with Crippen molar-refractivity contribution in [1.82, 2.24) is 5.27 Å². The van der Waals surface area contributed by atoms with Crippen molar-refractivity contribution in [2.75, 3.05) is 24.8 Å². The first-order valence-corrected chi connectivity index (χ1v) is 12.8. The summed E-state index contributed by atoms with van der Waals surface area (Å²) >= 11 is 2.45. The highest BCUT2D eigenvalue weighted by molar-refractivity contribution is 7.99. The lowest BCUT2D eigenvalue weighted by molar-refractivity contribution is -0.705. The zero-order valence-electron chi connectivity index (χ0n) is 18.9. The molecule has 0 unspecified atom stereocenters. The number of methoxy groups -OCH3 is 1. The number of anilines is 1. The lowest BCUT2D eigenvalue weighted by Gasteiger charge is -2.08. The second-order valence-electron chi connectivity index (χ2n) is 7.60. The fourth-order valence-electron chi connectivity index (χ4n) is 3.79. The number of nitrogens with zero attached hydrogens (tertiary/aromatic N) is 2. The van der Waals surface area contributed by atoms with Gasteiger partial charge in [-0.3, -0.25) is 4.79 Å². The number of ether oxygens (including phenoxy) is 2. The van der Waals surface area contributed by atoms with Crippen molar-refractivity contribution in [3.05, 3.63) is 40.3 Å². The molecule has 1 aliphatic rings. The third kappa shape index (κ3) is 5.20. The minimum atomic E-state index is -0.635. The largest absolute Gasteiger partial charge is 0.538 e. The topological polar surface area (TPSA) is 118 Å². The number of hydrogen-bond acceptors (Lipinski definition) is 9. The molecular formula is C23H25N3O6S2. The summed E-state index contributed by atoms with van der Waals surface area (Å²) < 4.78 is 16.6. The van der Waals surface area contributed by atoms with Crippen LogP contribution in [0.25, 0.3) is 5.69 Å². The summed E-state index contributed by atoms with van der Waals surface area (Å²) in [7, 11) is 1.56. The SMILES string of the molecule is CCOC(=O)c1c(NC(=O)CSc2c([O-])on[n+]2-c2ccc(OC)cc2)sc2c1CCCCC2. The minimum Gasteiger partial charge on any atom is -0.538 e. The highest BCUT2D eigenvalue weighted by atomic mass is 32.2. The normalized spacial score (nSPS) is 13.1. The van der Waals surface area contributed by atoms with Gasteiger partial charge in [-0.1, -0.05) is 6.42 Å². The molecule has 0 aliphatic heterocycles. The van der Waals surface area contributed by atoms with Crippen LogP contribution < -0.4 is 19.8 Å². The minimum absolute atomic E-state index is 0.0581. The summed E-state index contributed by atoms with van der Waals surface area (Å²) in [4.78, 5) is 26.6. The molecule has 3 aromatic rings. The first-order chi connectivity index (χ1) is 16.5. The van der Waals surface area contributed by atoms with Crippen molar-refractivity contribution in [1.29, 1.82) is 0 Å². The van der Waals surface area contributed by atoms with E-state index in [9.17, 15) is 14.7 Å². The molecular weight excluding hydrogens is 478 g/mol. The maximum absolute atomic E-state index is 12.8. The zero-order chi connectivity index (χ0) is 24.1. The third-order valence-electron chi connectivity index (χ3n) is 5.38. The van der Waals surface area contributed by atoms with Gasteiger partial charge in [0.05, 0.1) is 30.3 Å². The summed E-state index contributed by atoms with van der Waals surface area (Å²) in [6.07, 6.45) is 4.87. The van der Waals surface area contributed by atoms with Crippen LogP contribution in [0.4, 0.5) is 5.00 Å². The molecule has 1 amide bonds. The number of nitrogens with one attached hydrogen (secondary N) is 1. The van der Waals surface area contributed by atoms with E-state index in [0.29, 0.717) is 22.0 Å². The summed E-state index contributed by atoms with van der Waals surface area (Å²) in [6.45, 7) is 2.02. The summed E-state index contributed by atoms with van der Waals surface area (Å²) in [5.41, 5.74) is 2.05. The number of aryl methyl sites for hydroxylation is 1. The summed E-state index contributed by atoms with van der Waals surface area (Å²) in [5.74, 6) is -0.784. The highest BCUT2D eigenvalue weighted by Crippen LogP contribution is 2.38. The molecule has 0 saturated heterocycles. The molecule has 1 aromatic carbocycles. The van der Waals surface area contributed by atoms with Crippen LogP contribution in [0, 0.1) is 0 Å². The second-order valence-corrected chi connectivity index (χ2v) is 9.67. The molecule has 0 fully saturated rings. The van der Waals surface area contributed by atoms with Crippen LogP contribution in [0.1, 0.15) is 47.0 Å². The number of carbonyl (C=O) groups is 2. The summed E-state index contributed by atoms with van der Waals surface area (Å²) in [6, 6.07) is 6.94. The van der Waals surface area contributed by atoms with Crippen LogP contribution in [-0.2, 0) is 22.4 Å². The Kier molecular flexibility index (Phi) is 7.73. The molecule has 1 aliphatic carbocycles. The van der Waals surface area contributed by atoms with Gasteiger partial charge in [-0.25, -0.2) is 4.79 Å². The average Bonchev–Trinajstić information content (AvgIpc) is 3.28. The van der Waals surface area contributed by atoms with Crippen molar-refractivity contribution in [3.63, 3.8) is 0 Å². The van der Waals surface area contributed by atoms with E-state index < -0.39 is 11.9 Å². The lowest BCUT2D eigenvalue weighted by Crippen LogP contribution is -2.35. The van der Waals surface area contributed by atoms with Crippen LogP contribution >= 0.6 is 23.1 Å². The van der Waals surface area contributed by atoms with E-state index in [4.69, 9.17) is 14.0 Å². The van der Waals surface area contributed by atoms with Crippen molar-refractivity contribution in [2.24, 2.45) is 0 Å². The van der Waals surface area contributed by atoms with Crippen molar-refractivity contribution < 1.29 is 33.4 Å². The Bertz CT molecular complexity index is 1170. The first-order valence-electron chi connectivity index (χ1n) is 11.0. The Morgan fingerprint density at radius 3 is 2.74 bits per heavy atom. The van der Waals surface area contributed by atoms with Gasteiger partial charge in [-0.15, -0.1) is 11.3 Å². The molecule has 0 atom stereocenters. The molecule has 2 heterocycles. The predicted molar refractivity (Wildman–Crippen MR) is 125 cm³/mol. The van der Waals surface area contributed by atoms with Crippen molar-refractivity contribution >= 4 is 40.0 Å². The van der Waals surface area contributed by atoms with Gasteiger partial charge in [0.1, 0.15) is 10.8 Å². The van der Waals surface area contributed by atoms with Crippen LogP contribution in [-0.4, -0.2) is 36.6 Å². The predicted octanol–water partition coefficient (Wildman–Crippen LogP) is 3.27. The highest BCUT2D eigenvalue weighted by Gasteiger charge is 2.27. The Morgan fingerprint density at radius 1 is 1.24 bits per heavy atom. The van der Waals surface area contributed by atoms with Crippen LogP contribution in [0.3, 0.4) is 0 Å². The van der Waals surface area contributed by atoms with Gasteiger partial charge in [0.15, 0.2) is 5.95 Å². The molecule has 9 nitrogen and oxygen atoms in total. The molecule has 2 aromatic heterocycles. The van der Waals surface area contributed by atoms with Gasteiger partial charge < -0.3 is 24.4 Å². The number of hydrogen-bond donors (Lipinski definition) is 1. The van der Waals surface area contributed by atoms with Gasteiger partial charge >= 0.3 is 5.97 Å². The number of thiophene rings is 1. The fraction of sp³-hybridized carbons (Fsp3) is 0.391. The number of aromatic nitrogens is 2. The van der Waals surface area contributed by atoms with Gasteiger partial charge in [-0.2, -0.15) is 0 Å². The first kappa shape index (κ1) is 24.1. The third-order valence-corrected chi connectivity index (χ3v) is 7.61. The van der Waals surface area contributed by atoms with E-state index in [1.165, 1.54) is 16.0 Å². The quantitative estimate of drug-likeness (QED) is 0.215. The molecule has 0 spiro atoms. The van der Waals surface area contributed by atoms with E-state index in [1.54, 1.807) is 38.3 Å². The molecule has 4 rings (SSSR count). The number of carbonyl (C=O) groups excluding carboxylic acids is 2. The molecule has 11 heteroatoms. The number of amides is 1. The molecule has 34 heavy (non-hydrogen) atoms. The zero-order valence-corrected chi connectivity index (χ0v) is 20.6. The van der Waals surface area contributed by atoms with Gasteiger partial charge in [0.2, 0.25) is 11.6 Å². The maximum Gasteiger partial charge on any atom is 0.341 e. The monoisotopic (exact) mass is 503 g/mol. The van der Waals surface area contributed by atoms with Gasteiger partial charge in [-0.05, 0) is 66.7 Å². The molecule has 180 valence electrons. The van der Waals surface area contributed by atoms with Crippen molar-refractivity contribution in [3.8, 4) is 17.4 Å². The number of thioether (sulfide) groups is 1. The maximum atomic E-state index is 12.8. The van der Waals surface area contributed by atoms with E-state index in [-0.39, 0.29) is 23.3 Å². The molecule has 0 bridgehead atoms. The molecule has 0 saturated carbocycles. The number of rotatable bonds is 8. The van der Waals surface area contributed by atoms with Crippen LogP contribution in [0.15, 0.2) is 33.8 Å². The second kappa shape index (κ2) is 10.9. The van der Waals surface area contributed by atoms with Crippen molar-refractivity contribution in [2.45, 2.75) is 44.1 Å². The van der Waals surface area contributed by atoms with E-state index in [2.05, 4.69) is 10.6 Å². The Morgan fingerprint density at radius 2 is 2.00 bits per heavy atom. The van der Waals surface area contributed by atoms with E-state index in [0.717, 1.165) is 54.3 Å². The van der Waals surface area contributed by atoms with E-state index >= 15 is 0 Å². The molecule has 1 N–H and O–H groups in total. The lowest BCUT2D eigenvalue weighted by atomic mass is 10.1.